The molecule has 0 aliphatic heterocycles. The Balaban J connectivity index is 0.000000258. The van der Waals surface area contributed by atoms with E-state index < -0.39 is 35.9 Å². The number of aromatic nitrogens is 2. The van der Waals surface area contributed by atoms with Crippen LogP contribution in [0.25, 0.3) is 22.3 Å². The first-order valence-corrected chi connectivity index (χ1v) is 23.0. The SMILES string of the molecule is COCC(C(=O)CC(CC(=O)O)c1cccc(-c2c(C)cccc2C)c1)n1ccc(C)cc1=O.COCC(C(=O)CC(CC(=O)OC)c1cccc(-c2c(C)cccc2C)c1)n1ccc(C)cc1=O. The van der Waals surface area contributed by atoms with E-state index >= 15 is 0 Å². The Morgan fingerprint density at radius 3 is 1.23 bits per heavy atom. The van der Waals surface area contributed by atoms with Gasteiger partial charge in [0.25, 0.3) is 11.1 Å². The molecule has 2 heterocycles. The number of ether oxygens (including phenoxy) is 3. The lowest BCUT2D eigenvalue weighted by Crippen LogP contribution is -2.33. The number of rotatable bonds is 20. The maximum absolute atomic E-state index is 13.5. The first kappa shape index (κ1) is 52.9. The second-order valence-electron chi connectivity index (χ2n) is 17.7. The zero-order chi connectivity index (χ0) is 50.4. The Labute approximate surface area is 404 Å². The standard InChI is InChI=1S/C29H33NO5.C28H31NO5/c1-19-12-13-30(27(32)14-19)25(18-34-4)26(31)16-24(17-28(33)35-5)22-10-7-11-23(15-22)29-20(2)8-6-9-21(29)3;1-18-11-12-29(26(31)13-18)24(17-34-4)25(30)15-23(16-27(32)33)21-9-6-10-22(14-21)28-19(2)7-5-8-20(28)3/h6-15,24-25H,16-18H2,1-5H3;5-14,23-24H,15-17H2,1-4H3,(H,32,33). The van der Waals surface area contributed by atoms with Gasteiger partial charge >= 0.3 is 11.9 Å². The number of ketones is 2. The molecule has 0 aliphatic rings. The van der Waals surface area contributed by atoms with E-state index in [0.29, 0.717) is 0 Å². The predicted molar refractivity (Wildman–Crippen MR) is 269 cm³/mol. The van der Waals surface area contributed by atoms with Crippen LogP contribution in [-0.2, 0) is 33.4 Å². The number of benzene rings is 4. The maximum atomic E-state index is 13.5. The van der Waals surface area contributed by atoms with E-state index in [9.17, 15) is 33.9 Å². The smallest absolute Gasteiger partial charge is 0.306 e. The Hall–Kier alpha value is -7.02. The number of aliphatic carboxylic acids is 1. The molecule has 0 radical (unpaired) electrons. The molecule has 0 aliphatic carbocycles. The van der Waals surface area contributed by atoms with Crippen molar-refractivity contribution in [1.29, 1.82) is 0 Å². The lowest BCUT2D eigenvalue weighted by atomic mass is 9.86. The van der Waals surface area contributed by atoms with Crippen molar-refractivity contribution in [3.63, 3.8) is 0 Å². The van der Waals surface area contributed by atoms with Gasteiger partial charge < -0.3 is 28.5 Å². The number of hydrogen-bond acceptors (Lipinski definition) is 9. The number of aryl methyl sites for hydroxylation is 6. The molecular formula is C57H64N2O10. The summed E-state index contributed by atoms with van der Waals surface area (Å²) in [5.74, 6) is -2.72. The Bertz CT molecular complexity index is 2850. The molecule has 12 heteroatoms. The van der Waals surface area contributed by atoms with Crippen LogP contribution < -0.4 is 11.1 Å². The maximum Gasteiger partial charge on any atom is 0.306 e. The van der Waals surface area contributed by atoms with Crippen LogP contribution in [0.1, 0.15) is 94.1 Å². The molecule has 6 rings (SSSR count). The van der Waals surface area contributed by atoms with E-state index in [1.54, 1.807) is 24.5 Å². The quantitative estimate of drug-likeness (QED) is 0.0730. The molecule has 4 atom stereocenters. The number of nitrogens with zero attached hydrogens (tertiary/aromatic N) is 2. The summed E-state index contributed by atoms with van der Waals surface area (Å²) < 4.78 is 18.2. The number of esters is 1. The van der Waals surface area contributed by atoms with Gasteiger partial charge in [0.15, 0.2) is 11.6 Å². The van der Waals surface area contributed by atoms with Crippen LogP contribution in [0, 0.1) is 41.5 Å². The number of carbonyl (C=O) groups is 4. The van der Waals surface area contributed by atoms with E-state index in [-0.39, 0.29) is 61.6 Å². The van der Waals surface area contributed by atoms with Crippen LogP contribution in [0.2, 0.25) is 0 Å². The lowest BCUT2D eigenvalue weighted by Gasteiger charge is -2.22. The summed E-state index contributed by atoms with van der Waals surface area (Å²) in [7, 11) is 4.32. The van der Waals surface area contributed by atoms with Crippen molar-refractivity contribution in [3.05, 3.63) is 187 Å². The molecule has 0 saturated carbocycles. The third-order valence-electron chi connectivity index (χ3n) is 12.5. The molecule has 12 nitrogen and oxygen atoms in total. The average Bonchev–Trinajstić information content (AvgIpc) is 3.30. The van der Waals surface area contributed by atoms with Gasteiger partial charge in [-0.15, -0.1) is 0 Å². The molecule has 0 saturated heterocycles. The summed E-state index contributed by atoms with van der Waals surface area (Å²) in [6.45, 7) is 12.0. The van der Waals surface area contributed by atoms with E-state index in [0.717, 1.165) is 66.8 Å². The first-order chi connectivity index (χ1) is 32.9. The van der Waals surface area contributed by atoms with E-state index in [4.69, 9.17) is 14.2 Å². The third-order valence-corrected chi connectivity index (χ3v) is 12.5. The highest BCUT2D eigenvalue weighted by molar-refractivity contribution is 5.85. The van der Waals surface area contributed by atoms with Crippen molar-refractivity contribution < 1.29 is 38.5 Å². The van der Waals surface area contributed by atoms with Crippen LogP contribution in [0.15, 0.2) is 131 Å². The van der Waals surface area contributed by atoms with E-state index in [1.807, 2.05) is 100 Å². The second-order valence-corrected chi connectivity index (χ2v) is 17.7. The topological polar surface area (TPSA) is 160 Å². The summed E-state index contributed by atoms with van der Waals surface area (Å²) in [6.07, 6.45) is 3.13. The fourth-order valence-corrected chi connectivity index (χ4v) is 8.97. The zero-order valence-electron chi connectivity index (χ0n) is 41.1. The van der Waals surface area contributed by atoms with Crippen molar-refractivity contribution in [2.75, 3.05) is 34.5 Å². The number of carboxylic acids is 1. The monoisotopic (exact) mass is 936 g/mol. The summed E-state index contributed by atoms with van der Waals surface area (Å²) in [5.41, 5.74) is 11.5. The summed E-state index contributed by atoms with van der Waals surface area (Å²) in [4.78, 5) is 75.9. The van der Waals surface area contributed by atoms with Crippen molar-refractivity contribution in [2.45, 2.75) is 91.1 Å². The molecule has 362 valence electrons. The second kappa shape index (κ2) is 24.8. The molecule has 69 heavy (non-hydrogen) atoms. The number of Topliss-reactive ketones (excluding diaryl/α,β-unsaturated/α-hetero) is 2. The molecule has 0 amide bonds. The van der Waals surface area contributed by atoms with Gasteiger partial charge in [-0.25, -0.2) is 0 Å². The summed E-state index contributed by atoms with van der Waals surface area (Å²) >= 11 is 0. The normalized spacial score (nSPS) is 12.8. The Morgan fingerprint density at radius 1 is 0.507 bits per heavy atom. The van der Waals surface area contributed by atoms with Gasteiger partial charge in [-0.1, -0.05) is 84.9 Å². The third kappa shape index (κ3) is 14.0. The highest BCUT2D eigenvalue weighted by atomic mass is 16.5. The van der Waals surface area contributed by atoms with Gasteiger partial charge in [0, 0.05) is 63.4 Å². The van der Waals surface area contributed by atoms with Gasteiger partial charge in [-0.05, 0) is 120 Å². The molecule has 6 aromatic rings. The number of carboxylic acid groups (broad SMARTS) is 1. The fourth-order valence-electron chi connectivity index (χ4n) is 8.97. The minimum Gasteiger partial charge on any atom is -0.481 e. The molecule has 4 unspecified atom stereocenters. The number of methoxy groups -OCH3 is 3. The van der Waals surface area contributed by atoms with Crippen molar-refractivity contribution in [3.8, 4) is 22.3 Å². The van der Waals surface area contributed by atoms with Gasteiger partial charge in [-0.2, -0.15) is 0 Å². The van der Waals surface area contributed by atoms with Crippen LogP contribution in [0.3, 0.4) is 0 Å². The Kier molecular flexibility index (Phi) is 19.1. The van der Waals surface area contributed by atoms with E-state index in [1.165, 1.54) is 42.6 Å². The molecule has 0 bridgehead atoms. The molecule has 0 spiro atoms. The Morgan fingerprint density at radius 2 is 0.884 bits per heavy atom. The van der Waals surface area contributed by atoms with Gasteiger partial charge in [0.05, 0.1) is 33.2 Å². The first-order valence-electron chi connectivity index (χ1n) is 23.0. The highest BCUT2D eigenvalue weighted by Crippen LogP contribution is 2.35. The van der Waals surface area contributed by atoms with Crippen LogP contribution in [-0.4, -0.2) is 72.3 Å². The number of carbonyl (C=O) groups excluding carboxylic acids is 3. The van der Waals surface area contributed by atoms with Crippen LogP contribution in [0.5, 0.6) is 0 Å². The van der Waals surface area contributed by atoms with Crippen molar-refractivity contribution in [2.24, 2.45) is 0 Å². The number of hydrogen-bond donors (Lipinski definition) is 1. The van der Waals surface area contributed by atoms with Crippen LogP contribution >= 0.6 is 0 Å². The van der Waals surface area contributed by atoms with Gasteiger partial charge in [-0.3, -0.25) is 28.8 Å². The van der Waals surface area contributed by atoms with Crippen molar-refractivity contribution >= 4 is 23.5 Å². The average molecular weight is 937 g/mol. The largest absolute Gasteiger partial charge is 0.481 e. The highest BCUT2D eigenvalue weighted by Gasteiger charge is 2.29. The van der Waals surface area contributed by atoms with Crippen LogP contribution in [0.4, 0.5) is 0 Å². The molecule has 4 aromatic carbocycles. The zero-order valence-corrected chi connectivity index (χ0v) is 41.1. The molecule has 1 N–H and O–H groups in total. The predicted octanol–water partition coefficient (Wildman–Crippen LogP) is 9.78. The number of pyridine rings is 2. The summed E-state index contributed by atoms with van der Waals surface area (Å²) in [6, 6.07) is 32.9. The molecule has 2 aromatic heterocycles. The summed E-state index contributed by atoms with van der Waals surface area (Å²) in [5, 5.41) is 9.58. The molecule has 0 fully saturated rings. The van der Waals surface area contributed by atoms with Gasteiger partial charge in [0.1, 0.15) is 12.1 Å². The minimum absolute atomic E-state index is 0.0170. The van der Waals surface area contributed by atoms with Gasteiger partial charge in [0.2, 0.25) is 0 Å². The van der Waals surface area contributed by atoms with Crippen molar-refractivity contribution in [1.82, 2.24) is 9.13 Å². The minimum atomic E-state index is -0.980. The lowest BCUT2D eigenvalue weighted by molar-refractivity contribution is -0.141. The molecular weight excluding hydrogens is 873 g/mol. The fraction of sp³-hybridized carbons (Fsp3) is 0.333. The van der Waals surface area contributed by atoms with E-state index in [2.05, 4.69) is 26.0 Å².